The lowest BCUT2D eigenvalue weighted by atomic mass is 10.4. The molecular weight excluding hydrogens is 358 g/mol. The molecular formula is C16H19N5O2S2. The minimum atomic E-state index is -3.46. The van der Waals surface area contributed by atoms with Gasteiger partial charge >= 0.3 is 0 Å². The smallest absolute Gasteiger partial charge is 0.250 e. The summed E-state index contributed by atoms with van der Waals surface area (Å²) in [5.74, 6) is 1.39. The van der Waals surface area contributed by atoms with Crippen LogP contribution in [0.15, 0.2) is 53.3 Å². The molecule has 0 radical (unpaired) electrons. The minimum Gasteiger partial charge on any atom is -0.369 e. The first-order chi connectivity index (χ1) is 12.1. The summed E-state index contributed by atoms with van der Waals surface area (Å²) in [6.07, 6.45) is 6.09. The monoisotopic (exact) mass is 377 g/mol. The SMILES string of the molecule is CCc1ccc(S(=O)(=O)NCCNc2cc(-n3cccc3)ncn2)s1. The third kappa shape index (κ3) is 4.44. The van der Waals surface area contributed by atoms with Crippen LogP contribution in [-0.2, 0) is 16.4 Å². The van der Waals surface area contributed by atoms with E-state index in [-0.39, 0.29) is 6.54 Å². The summed E-state index contributed by atoms with van der Waals surface area (Å²) in [4.78, 5) is 9.40. The van der Waals surface area contributed by atoms with E-state index in [9.17, 15) is 8.42 Å². The number of thiophene rings is 1. The van der Waals surface area contributed by atoms with Crippen molar-refractivity contribution < 1.29 is 8.42 Å². The van der Waals surface area contributed by atoms with Crippen molar-refractivity contribution >= 4 is 27.2 Å². The summed E-state index contributed by atoms with van der Waals surface area (Å²) < 4.78 is 29.3. The molecule has 0 atom stereocenters. The molecule has 0 unspecified atom stereocenters. The first kappa shape index (κ1) is 17.6. The van der Waals surface area contributed by atoms with Crippen molar-refractivity contribution in [2.24, 2.45) is 0 Å². The van der Waals surface area contributed by atoms with Crippen molar-refractivity contribution in [3.05, 3.63) is 53.9 Å². The van der Waals surface area contributed by atoms with Gasteiger partial charge in [0.15, 0.2) is 0 Å². The molecule has 0 aliphatic rings. The molecule has 0 aromatic carbocycles. The van der Waals surface area contributed by atoms with Crippen LogP contribution >= 0.6 is 11.3 Å². The quantitative estimate of drug-likeness (QED) is 0.588. The van der Waals surface area contributed by atoms with E-state index in [1.807, 2.05) is 42.1 Å². The molecule has 0 saturated heterocycles. The van der Waals surface area contributed by atoms with Gasteiger partial charge in [-0.2, -0.15) is 0 Å². The van der Waals surface area contributed by atoms with E-state index in [1.165, 1.54) is 17.7 Å². The molecule has 132 valence electrons. The van der Waals surface area contributed by atoms with Gasteiger partial charge < -0.3 is 9.88 Å². The second-order valence-corrected chi connectivity index (χ2v) is 8.41. The molecule has 0 aliphatic carbocycles. The number of anilines is 1. The molecule has 0 amide bonds. The van der Waals surface area contributed by atoms with Crippen molar-refractivity contribution in [2.75, 3.05) is 18.4 Å². The van der Waals surface area contributed by atoms with Crippen LogP contribution in [0.3, 0.4) is 0 Å². The van der Waals surface area contributed by atoms with Gasteiger partial charge in [-0.3, -0.25) is 0 Å². The highest BCUT2D eigenvalue weighted by atomic mass is 32.2. The standard InChI is InChI=1S/C16H19N5O2S2/c1-2-13-5-6-16(24-13)25(22,23)20-8-7-17-14-11-15(19-12-18-14)21-9-3-4-10-21/h3-6,9-12,20H,2,7-8H2,1H3,(H,17,18,19). The molecule has 2 N–H and O–H groups in total. The number of hydrogen-bond donors (Lipinski definition) is 2. The molecule has 3 rings (SSSR count). The summed E-state index contributed by atoms with van der Waals surface area (Å²) in [6.45, 7) is 2.70. The highest BCUT2D eigenvalue weighted by Crippen LogP contribution is 2.21. The summed E-state index contributed by atoms with van der Waals surface area (Å²) in [5, 5.41) is 3.10. The fourth-order valence-electron chi connectivity index (χ4n) is 2.21. The van der Waals surface area contributed by atoms with Crippen LogP contribution in [0.4, 0.5) is 5.82 Å². The number of aryl methyl sites for hydroxylation is 1. The van der Waals surface area contributed by atoms with Gasteiger partial charge in [0.1, 0.15) is 22.2 Å². The van der Waals surface area contributed by atoms with Gasteiger partial charge in [0, 0.05) is 36.4 Å². The summed E-state index contributed by atoms with van der Waals surface area (Å²) in [6, 6.07) is 9.13. The average molecular weight is 377 g/mol. The molecule has 0 fully saturated rings. The lowest BCUT2D eigenvalue weighted by molar-refractivity contribution is 0.585. The first-order valence-electron chi connectivity index (χ1n) is 7.86. The van der Waals surface area contributed by atoms with Crippen molar-refractivity contribution in [1.82, 2.24) is 19.3 Å². The van der Waals surface area contributed by atoms with E-state index < -0.39 is 10.0 Å². The fourth-order valence-corrected chi connectivity index (χ4v) is 4.58. The molecule has 3 heterocycles. The first-order valence-corrected chi connectivity index (χ1v) is 10.2. The van der Waals surface area contributed by atoms with Gasteiger partial charge in [0.05, 0.1) is 0 Å². The molecule has 0 spiro atoms. The predicted octanol–water partition coefficient (Wildman–Crippen LogP) is 2.28. The zero-order valence-electron chi connectivity index (χ0n) is 13.7. The molecule has 9 heteroatoms. The topological polar surface area (TPSA) is 88.9 Å². The second-order valence-electron chi connectivity index (χ2n) is 5.25. The van der Waals surface area contributed by atoms with Gasteiger partial charge in [0.2, 0.25) is 10.0 Å². The lowest BCUT2D eigenvalue weighted by Crippen LogP contribution is -2.28. The highest BCUT2D eigenvalue weighted by molar-refractivity contribution is 7.91. The number of sulfonamides is 1. The Labute approximate surface area is 150 Å². The Hall–Kier alpha value is -2.23. The number of rotatable bonds is 8. The van der Waals surface area contributed by atoms with Crippen molar-refractivity contribution in [3.63, 3.8) is 0 Å². The Balaban J connectivity index is 1.54. The van der Waals surface area contributed by atoms with Gasteiger partial charge in [-0.1, -0.05) is 6.92 Å². The largest absolute Gasteiger partial charge is 0.369 e. The van der Waals surface area contributed by atoms with E-state index in [0.717, 1.165) is 17.1 Å². The predicted molar refractivity (Wildman–Crippen MR) is 98.7 cm³/mol. The molecule has 0 bridgehead atoms. The third-order valence-corrected chi connectivity index (χ3v) is 6.68. The third-order valence-electron chi connectivity index (χ3n) is 3.50. The van der Waals surface area contributed by atoms with Crippen LogP contribution < -0.4 is 10.0 Å². The van der Waals surface area contributed by atoms with Crippen LogP contribution in [-0.4, -0.2) is 36.0 Å². The summed E-state index contributed by atoms with van der Waals surface area (Å²) in [7, 11) is -3.46. The molecule has 3 aromatic rings. The normalized spacial score (nSPS) is 11.6. The molecule has 25 heavy (non-hydrogen) atoms. The van der Waals surface area contributed by atoms with Crippen LogP contribution in [0.25, 0.3) is 5.82 Å². The Morgan fingerprint density at radius 3 is 2.68 bits per heavy atom. The molecule has 0 saturated carbocycles. The van der Waals surface area contributed by atoms with Crippen LogP contribution in [0, 0.1) is 0 Å². The molecule has 0 aliphatic heterocycles. The van der Waals surface area contributed by atoms with Gasteiger partial charge in [-0.05, 0) is 30.7 Å². The van der Waals surface area contributed by atoms with E-state index in [2.05, 4.69) is 20.0 Å². The number of hydrogen-bond acceptors (Lipinski definition) is 6. The molecule has 7 nitrogen and oxygen atoms in total. The maximum atomic E-state index is 12.2. The van der Waals surface area contributed by atoms with Gasteiger partial charge in [-0.25, -0.2) is 23.1 Å². The van der Waals surface area contributed by atoms with Gasteiger partial charge in [0.25, 0.3) is 0 Å². The Bertz CT molecular complexity index is 920. The Kier molecular flexibility index (Phi) is 5.47. The van der Waals surface area contributed by atoms with Crippen LogP contribution in [0.2, 0.25) is 0 Å². The lowest BCUT2D eigenvalue weighted by Gasteiger charge is -2.08. The van der Waals surface area contributed by atoms with Crippen molar-refractivity contribution in [1.29, 1.82) is 0 Å². The number of nitrogens with one attached hydrogen (secondary N) is 2. The minimum absolute atomic E-state index is 0.268. The Morgan fingerprint density at radius 2 is 1.96 bits per heavy atom. The van der Waals surface area contributed by atoms with Crippen LogP contribution in [0.5, 0.6) is 0 Å². The Morgan fingerprint density at radius 1 is 1.16 bits per heavy atom. The van der Waals surface area contributed by atoms with E-state index in [4.69, 9.17) is 0 Å². The zero-order valence-corrected chi connectivity index (χ0v) is 15.3. The van der Waals surface area contributed by atoms with Crippen molar-refractivity contribution in [3.8, 4) is 5.82 Å². The fraction of sp³-hybridized carbons (Fsp3) is 0.250. The summed E-state index contributed by atoms with van der Waals surface area (Å²) >= 11 is 1.30. The zero-order chi connectivity index (χ0) is 17.7. The van der Waals surface area contributed by atoms with Crippen LogP contribution in [0.1, 0.15) is 11.8 Å². The molecule has 3 aromatic heterocycles. The summed E-state index contributed by atoms with van der Waals surface area (Å²) in [5.41, 5.74) is 0. The number of nitrogens with zero attached hydrogens (tertiary/aromatic N) is 3. The second kappa shape index (κ2) is 7.77. The number of aromatic nitrogens is 3. The average Bonchev–Trinajstić information content (AvgIpc) is 3.30. The van der Waals surface area contributed by atoms with E-state index in [1.54, 1.807) is 12.1 Å². The van der Waals surface area contributed by atoms with E-state index >= 15 is 0 Å². The van der Waals surface area contributed by atoms with Gasteiger partial charge in [-0.15, -0.1) is 11.3 Å². The maximum Gasteiger partial charge on any atom is 0.250 e. The highest BCUT2D eigenvalue weighted by Gasteiger charge is 2.15. The maximum absolute atomic E-state index is 12.2. The van der Waals surface area contributed by atoms with Crippen molar-refractivity contribution in [2.45, 2.75) is 17.6 Å². The van der Waals surface area contributed by atoms with E-state index in [0.29, 0.717) is 16.6 Å².